The zero-order valence-corrected chi connectivity index (χ0v) is 87.0. The molecule has 2 aromatic heterocycles. The molecule has 2 aromatic rings. The first-order valence-corrected chi connectivity index (χ1v) is 52.1. The summed E-state index contributed by atoms with van der Waals surface area (Å²) in [5.74, 6) is -24.1. The van der Waals surface area contributed by atoms with Gasteiger partial charge in [-0.15, -0.1) is 0 Å². The van der Waals surface area contributed by atoms with Gasteiger partial charge in [0.05, 0.1) is 38.4 Å². The molecule has 18 atom stereocenters. The van der Waals surface area contributed by atoms with E-state index in [0.29, 0.717) is 37.1 Å². The van der Waals surface area contributed by atoms with E-state index in [-0.39, 0.29) is 127 Å². The number of rotatable bonds is 74. The van der Waals surface area contributed by atoms with Crippen LogP contribution in [0.25, 0.3) is 0 Å². The van der Waals surface area contributed by atoms with Crippen molar-refractivity contribution in [2.24, 2.45) is 52.3 Å². The van der Waals surface area contributed by atoms with E-state index in [2.05, 4.69) is 110 Å². The van der Waals surface area contributed by atoms with Crippen molar-refractivity contribution in [3.05, 3.63) is 36.4 Å². The molecule has 147 heavy (non-hydrogen) atoms. The van der Waals surface area contributed by atoms with Gasteiger partial charge in [0.1, 0.15) is 96.7 Å². The molecule has 0 unspecified atom stereocenters. The number of nitrogens with two attached hydrogens (primary N) is 5. The number of imidazole rings is 2. The lowest BCUT2D eigenvalue weighted by molar-refractivity contribution is -0.149. The number of hydrogen-bond acceptors (Lipinski definition) is 31. The Bertz CT molecular complexity index is 4630. The molecular formula is C92H155N27O26S2. The van der Waals surface area contributed by atoms with Gasteiger partial charge in [0.2, 0.25) is 112 Å². The lowest BCUT2D eigenvalue weighted by atomic mass is 9.97. The van der Waals surface area contributed by atoms with Gasteiger partial charge >= 0.3 is 17.9 Å². The summed E-state index contributed by atoms with van der Waals surface area (Å²) in [6, 6.07) is -25.1. The molecule has 3 rings (SSSR count). The minimum atomic E-state index is -1.71. The summed E-state index contributed by atoms with van der Waals surface area (Å²) < 4.78 is 0. The highest BCUT2D eigenvalue weighted by molar-refractivity contribution is 7.98. The van der Waals surface area contributed by atoms with E-state index in [1.54, 1.807) is 67.9 Å². The maximum atomic E-state index is 14.7. The van der Waals surface area contributed by atoms with Crippen molar-refractivity contribution < 1.29 is 126 Å². The summed E-state index contributed by atoms with van der Waals surface area (Å²) in [5.41, 5.74) is 29.2. The van der Waals surface area contributed by atoms with Gasteiger partial charge in [0.25, 0.3) is 0 Å². The molecule has 0 spiro atoms. The predicted molar refractivity (Wildman–Crippen MR) is 538 cm³/mol. The smallest absolute Gasteiger partial charge is 0.326 e. The number of carbonyl (C=O) groups excluding carboxylic acids is 19. The van der Waals surface area contributed by atoms with Crippen LogP contribution in [0.4, 0.5) is 0 Å². The zero-order valence-electron chi connectivity index (χ0n) is 85.4. The highest BCUT2D eigenvalue weighted by Gasteiger charge is 2.43. The van der Waals surface area contributed by atoms with E-state index in [9.17, 15) is 126 Å². The van der Waals surface area contributed by atoms with Gasteiger partial charge in [-0.05, 0) is 183 Å². The number of primary amides is 1. The summed E-state index contributed by atoms with van der Waals surface area (Å²) in [6.07, 6.45) is 6.47. The first-order chi connectivity index (χ1) is 69.6. The minimum Gasteiger partial charge on any atom is -0.481 e. The summed E-state index contributed by atoms with van der Waals surface area (Å²) in [6.45, 7) is 12.4. The second kappa shape index (κ2) is 68.7. The van der Waals surface area contributed by atoms with Crippen LogP contribution in [0.5, 0.6) is 0 Å². The first kappa shape index (κ1) is 128. The Morgan fingerprint density at radius 1 is 0.408 bits per heavy atom. The van der Waals surface area contributed by atoms with Crippen LogP contribution in [0.15, 0.2) is 25.0 Å². The van der Waals surface area contributed by atoms with Gasteiger partial charge in [-0.1, -0.05) is 61.8 Å². The normalized spacial score (nSPS) is 15.8. The predicted octanol–water partition coefficient (Wildman–Crippen LogP) is -6.87. The van der Waals surface area contributed by atoms with E-state index in [4.69, 9.17) is 28.7 Å². The number of nitrogens with one attached hydrogen (secondary N) is 19. The van der Waals surface area contributed by atoms with Gasteiger partial charge < -0.3 is 154 Å². The largest absolute Gasteiger partial charge is 0.481 e. The molecule has 826 valence electrons. The number of carbonyl (C=O) groups is 22. The van der Waals surface area contributed by atoms with Crippen molar-refractivity contribution in [2.45, 2.75) is 313 Å². The number of carboxylic acid groups (broad SMARTS) is 3. The highest BCUT2D eigenvalue weighted by Crippen LogP contribution is 2.22. The lowest BCUT2D eigenvalue weighted by Crippen LogP contribution is -2.62. The number of carboxylic acids is 3. The van der Waals surface area contributed by atoms with Crippen LogP contribution < -0.4 is 119 Å². The molecule has 1 aliphatic rings. The van der Waals surface area contributed by atoms with Crippen molar-refractivity contribution in [3.63, 3.8) is 0 Å². The number of hydrogen-bond donors (Lipinski definition) is 28. The average Bonchev–Trinajstić information content (AvgIpc) is 1.72. The first-order valence-electron chi connectivity index (χ1n) is 49.3. The van der Waals surface area contributed by atoms with Crippen LogP contribution in [0, 0.1) is 23.7 Å². The number of likely N-dealkylation sites (tertiary alicyclic amines) is 1. The Morgan fingerprint density at radius 2 is 0.748 bits per heavy atom. The molecule has 1 saturated heterocycles. The maximum absolute atomic E-state index is 14.7. The number of aromatic amines is 2. The molecule has 1 fully saturated rings. The fourth-order valence-corrected chi connectivity index (χ4v) is 16.2. The Hall–Kier alpha value is -12.7. The van der Waals surface area contributed by atoms with Crippen LogP contribution in [0.3, 0.4) is 0 Å². The van der Waals surface area contributed by atoms with Gasteiger partial charge in [-0.2, -0.15) is 23.5 Å². The fourth-order valence-electron chi connectivity index (χ4n) is 15.3. The van der Waals surface area contributed by atoms with E-state index in [1.807, 2.05) is 0 Å². The molecular weight excluding hydrogens is 1960 g/mol. The third-order valence-corrected chi connectivity index (χ3v) is 25.2. The molecule has 1 aliphatic heterocycles. The molecule has 53 nitrogen and oxygen atoms in total. The van der Waals surface area contributed by atoms with E-state index in [1.165, 1.54) is 55.5 Å². The van der Waals surface area contributed by atoms with Crippen molar-refractivity contribution in [1.82, 2.24) is 115 Å². The minimum absolute atomic E-state index is 0.0583. The van der Waals surface area contributed by atoms with Gasteiger partial charge in [-0.25, -0.2) is 14.8 Å². The Labute approximate surface area is 862 Å². The van der Waals surface area contributed by atoms with Crippen molar-refractivity contribution in [1.29, 1.82) is 0 Å². The second-order valence-corrected chi connectivity index (χ2v) is 39.1. The number of thioether (sulfide) groups is 2. The summed E-state index contributed by atoms with van der Waals surface area (Å²) in [4.78, 5) is 319. The summed E-state index contributed by atoms with van der Waals surface area (Å²) >= 11 is 2.53. The SMILES string of the molecule is CC[C@H](C)[C@H](NC(=O)CNC(=O)[C@H](CCCCN)NC(=O)[C@H](CCCCN)NC(=O)[C@H](CCC(N)=O)NC(=O)[C@H](CCSC)NC(=O)[C@@H](NC(=O)[C@H](CC(C)C)NC(=O)[C@@H](NC(=O)[C@H](CCSC)NC(=O)[C@H](CCC(=O)O)NC(=O)[C@H](CCCCN)NC(=O)[C@H](CO)NC(=O)CNC(=O)[C@H](C)N)C(C)C)C(C)C)C(=O)N[C@@H](CCC(=O)O)C(=O)N[C@@H](Cc1cnc[nH]1)C(=O)N[C@@H](Cc1cnc[nH]1)C(=O)N1CCC[C@H]1C(=O)O. The van der Waals surface area contributed by atoms with Crippen LogP contribution in [0.2, 0.25) is 0 Å². The Morgan fingerprint density at radius 3 is 1.12 bits per heavy atom. The molecule has 0 aromatic carbocycles. The highest BCUT2D eigenvalue weighted by atomic mass is 32.2. The molecule has 55 heteroatoms. The number of H-pyrrole nitrogens is 2. The number of unbranched alkanes of at least 4 members (excludes halogenated alkanes) is 3. The number of aromatic nitrogens is 4. The topological polar surface area (TPSA) is 852 Å². The van der Waals surface area contributed by atoms with Gasteiger partial charge in [0, 0.05) is 62.4 Å². The monoisotopic (exact) mass is 2120 g/mol. The second-order valence-electron chi connectivity index (χ2n) is 37.1. The maximum Gasteiger partial charge on any atom is 0.326 e. The molecule has 0 radical (unpaired) electrons. The fraction of sp³-hybridized carbons (Fsp3) is 0.696. The third-order valence-electron chi connectivity index (χ3n) is 23.9. The standard InChI is InChI=1S/C92H155N27O26S2/c1-12-51(8)75(90(142)111-60(26-29-72(126)127)82(134)113-64(39-53-41-98-46-102-53)85(137)115-65(40-54-42-99-47-103-54)91(143)119-35-19-23-67(119)92(144)145)116-70(123)44-101-77(129)55(20-13-16-32-93)105-78(130)56(21-14-17-33-94)106-80(132)58(24-27-68(97)121)108-83(135)61(30-36-146-10)112-88(140)73(49(4)5)118-86(138)63(38-48(2)3)114-89(141)74(50(6)7)117-84(136)62(31-37-147-11)110-81(133)59(25-28-71(124)125)109-79(131)57(22-15-18-34-95)107-87(139)66(45-120)104-69(122)43-100-76(128)52(9)96/h41-42,46-52,55-67,73-75,120H,12-40,43-45,93-96H2,1-11H3,(H2,97,121)(H,98,102)(H,99,103)(H,100,128)(H,101,129)(H,104,122)(H,105,130)(H,106,132)(H,107,139)(H,108,135)(H,109,131)(H,110,133)(H,111,142)(H,112,140)(H,113,134)(H,114,141)(H,115,137)(H,116,123)(H,117,136)(H,118,138)(H,124,125)(H,126,127)(H,144,145)/t51-,52-,55-,56-,57-,58-,59-,60-,61-,62-,63-,64-,65-,66-,67-,73-,74-,75-/m0/s1. The van der Waals surface area contributed by atoms with Gasteiger partial charge in [-0.3, -0.25) is 101 Å². The Kier molecular flexibility index (Phi) is 60.0. The number of aliphatic hydroxyl groups is 1. The van der Waals surface area contributed by atoms with Crippen molar-refractivity contribution >= 4 is 154 Å². The molecule has 33 N–H and O–H groups in total. The van der Waals surface area contributed by atoms with Crippen molar-refractivity contribution in [2.75, 3.05) is 69.9 Å². The number of amides is 19. The van der Waals surface area contributed by atoms with Gasteiger partial charge in [0.15, 0.2) is 0 Å². The average molecular weight is 2120 g/mol. The van der Waals surface area contributed by atoms with E-state index < -0.39 is 309 Å². The lowest BCUT2D eigenvalue weighted by Gasteiger charge is -2.30. The van der Waals surface area contributed by atoms with E-state index >= 15 is 0 Å². The molecule has 0 aliphatic carbocycles. The van der Waals surface area contributed by atoms with Crippen molar-refractivity contribution in [3.8, 4) is 0 Å². The van der Waals surface area contributed by atoms with Crippen LogP contribution in [-0.4, -0.2) is 348 Å². The number of nitrogens with zero attached hydrogens (tertiary/aromatic N) is 3. The van der Waals surface area contributed by atoms with E-state index in [0.717, 1.165) is 4.90 Å². The Balaban J connectivity index is 1.90. The quantitative estimate of drug-likeness (QED) is 0.0274. The molecule has 0 saturated carbocycles. The zero-order chi connectivity index (χ0) is 110. The molecule has 3 heterocycles. The van der Waals surface area contributed by atoms with Crippen LogP contribution in [-0.2, 0) is 118 Å². The van der Waals surface area contributed by atoms with Crippen LogP contribution >= 0.6 is 23.5 Å². The number of aliphatic hydroxyl groups excluding tert-OH is 1. The third kappa shape index (κ3) is 47.8. The molecule has 19 amide bonds. The number of aliphatic carboxylic acids is 3. The molecule has 0 bridgehead atoms. The van der Waals surface area contributed by atoms with Crippen LogP contribution in [0.1, 0.15) is 209 Å². The summed E-state index contributed by atoms with van der Waals surface area (Å²) in [7, 11) is 0. The summed E-state index contributed by atoms with van der Waals surface area (Å²) in [5, 5.41) is 82.8.